The predicted octanol–water partition coefficient (Wildman–Crippen LogP) is 3.99. The Balaban J connectivity index is 2.38. The highest BCUT2D eigenvalue weighted by Gasteiger charge is 2.23. The van der Waals surface area contributed by atoms with Gasteiger partial charge >= 0.3 is 0 Å². The van der Waals surface area contributed by atoms with Gasteiger partial charge in [-0.3, -0.25) is 4.79 Å². The molecule has 2 rings (SSSR count). The number of halogens is 2. The number of anilines is 1. The Kier molecular flexibility index (Phi) is 7.16. The molecule has 2 N–H and O–H groups in total. The van der Waals surface area contributed by atoms with Crippen molar-refractivity contribution in [2.24, 2.45) is 0 Å². The van der Waals surface area contributed by atoms with E-state index in [-0.39, 0.29) is 37.7 Å². The smallest absolute Gasteiger partial charge is 0.255 e. The molecule has 1 amide bonds. The fraction of sp³-hybridized carbons (Fsp3) is 0.278. The molecule has 0 unspecified atom stereocenters. The number of nitrogens with zero attached hydrogens (tertiary/aromatic N) is 1. The molecule has 28 heavy (non-hydrogen) atoms. The molecule has 0 spiro atoms. The zero-order valence-electron chi connectivity index (χ0n) is 15.5. The number of carbonyl (C=O) groups is 1. The van der Waals surface area contributed by atoms with E-state index < -0.39 is 15.9 Å². The number of phenols is 1. The lowest BCUT2D eigenvalue weighted by atomic mass is 10.2. The number of amides is 1. The third-order valence-corrected chi connectivity index (χ3v) is 6.63. The van der Waals surface area contributed by atoms with Gasteiger partial charge in [-0.1, -0.05) is 37.0 Å². The molecular formula is C18H20Cl2N2O5S. The number of methoxy groups -OCH3 is 1. The van der Waals surface area contributed by atoms with E-state index in [9.17, 15) is 18.3 Å². The van der Waals surface area contributed by atoms with Gasteiger partial charge in [-0.05, 0) is 30.3 Å². The highest BCUT2D eigenvalue weighted by atomic mass is 35.5. The molecular weight excluding hydrogens is 427 g/mol. The summed E-state index contributed by atoms with van der Waals surface area (Å²) in [6, 6.07) is 6.40. The summed E-state index contributed by atoms with van der Waals surface area (Å²) in [5, 5.41) is 12.8. The van der Waals surface area contributed by atoms with Crippen molar-refractivity contribution in [3.63, 3.8) is 0 Å². The number of aromatic hydroxyl groups is 1. The number of phenolic OH excluding ortho intramolecular Hbond substituents is 1. The number of ether oxygens (including phenoxy) is 1. The normalized spacial score (nSPS) is 11.5. The first-order valence-corrected chi connectivity index (χ1v) is 10.5. The van der Waals surface area contributed by atoms with Gasteiger partial charge in [-0.15, -0.1) is 0 Å². The second-order valence-corrected chi connectivity index (χ2v) is 8.45. The summed E-state index contributed by atoms with van der Waals surface area (Å²) in [6.07, 6.45) is 0. The summed E-state index contributed by atoms with van der Waals surface area (Å²) < 4.78 is 31.6. The van der Waals surface area contributed by atoms with Crippen LogP contribution in [-0.4, -0.2) is 43.9 Å². The van der Waals surface area contributed by atoms with Crippen molar-refractivity contribution < 1.29 is 23.1 Å². The second kappa shape index (κ2) is 9.00. The Morgan fingerprint density at radius 2 is 1.71 bits per heavy atom. The fourth-order valence-electron chi connectivity index (χ4n) is 2.57. The highest BCUT2D eigenvalue weighted by molar-refractivity contribution is 7.89. The van der Waals surface area contributed by atoms with Crippen molar-refractivity contribution in [2.75, 3.05) is 25.5 Å². The number of nitrogens with one attached hydrogen (secondary N) is 1. The molecule has 10 heteroatoms. The van der Waals surface area contributed by atoms with Crippen LogP contribution in [0.4, 0.5) is 5.69 Å². The lowest BCUT2D eigenvalue weighted by Crippen LogP contribution is -2.30. The lowest BCUT2D eigenvalue weighted by molar-refractivity contribution is 0.102. The first kappa shape index (κ1) is 22.3. The number of hydrogen-bond acceptors (Lipinski definition) is 5. The van der Waals surface area contributed by atoms with Crippen LogP contribution in [-0.2, 0) is 10.0 Å². The number of rotatable bonds is 7. The Morgan fingerprint density at radius 1 is 1.14 bits per heavy atom. The van der Waals surface area contributed by atoms with Gasteiger partial charge in [-0.25, -0.2) is 8.42 Å². The standard InChI is InChI=1S/C18H20Cl2N2O5S/c1-4-22(5-2)28(25,26)12-6-7-16(23)15(10-12)21-18(24)11-8-13(19)17(27-3)14(20)9-11/h6-10,23H,4-5H2,1-3H3,(H,21,24). The number of hydrogen-bond donors (Lipinski definition) is 2. The van der Waals surface area contributed by atoms with E-state index in [4.69, 9.17) is 27.9 Å². The van der Waals surface area contributed by atoms with Crippen LogP contribution >= 0.6 is 23.2 Å². The summed E-state index contributed by atoms with van der Waals surface area (Å²) >= 11 is 12.1. The second-order valence-electron chi connectivity index (χ2n) is 5.70. The molecule has 0 aromatic heterocycles. The van der Waals surface area contributed by atoms with Crippen LogP contribution in [0.25, 0.3) is 0 Å². The monoisotopic (exact) mass is 446 g/mol. The Morgan fingerprint density at radius 3 is 2.21 bits per heavy atom. The molecule has 152 valence electrons. The molecule has 0 radical (unpaired) electrons. The molecule has 2 aromatic rings. The van der Waals surface area contributed by atoms with Gasteiger partial charge in [0, 0.05) is 18.7 Å². The third-order valence-electron chi connectivity index (χ3n) is 4.02. The number of benzene rings is 2. The number of carbonyl (C=O) groups excluding carboxylic acids is 1. The van der Waals surface area contributed by atoms with Gasteiger partial charge in [0.2, 0.25) is 10.0 Å². The maximum atomic E-state index is 12.7. The average Bonchev–Trinajstić information content (AvgIpc) is 2.63. The molecule has 0 heterocycles. The van der Waals surface area contributed by atoms with Crippen molar-refractivity contribution in [1.82, 2.24) is 4.31 Å². The Labute approximate surface area is 173 Å². The van der Waals surface area contributed by atoms with Crippen LogP contribution in [0.1, 0.15) is 24.2 Å². The van der Waals surface area contributed by atoms with E-state index in [1.54, 1.807) is 13.8 Å². The highest BCUT2D eigenvalue weighted by Crippen LogP contribution is 2.34. The molecule has 0 fully saturated rings. The van der Waals surface area contributed by atoms with E-state index in [1.165, 1.54) is 41.7 Å². The van der Waals surface area contributed by atoms with Crippen molar-refractivity contribution >= 4 is 44.8 Å². The van der Waals surface area contributed by atoms with Crippen LogP contribution in [0.3, 0.4) is 0 Å². The van der Waals surface area contributed by atoms with Crippen LogP contribution in [0.2, 0.25) is 10.0 Å². The molecule has 0 aliphatic heterocycles. The molecule has 7 nitrogen and oxygen atoms in total. The van der Waals surface area contributed by atoms with Gasteiger partial charge in [0.05, 0.1) is 27.7 Å². The van der Waals surface area contributed by atoms with Crippen LogP contribution in [0, 0.1) is 0 Å². The summed E-state index contributed by atoms with van der Waals surface area (Å²) in [6.45, 7) is 4.04. The summed E-state index contributed by atoms with van der Waals surface area (Å²) in [5.74, 6) is -0.674. The first-order chi connectivity index (χ1) is 13.1. The van der Waals surface area contributed by atoms with Gasteiger partial charge in [0.15, 0.2) is 5.75 Å². The van der Waals surface area contributed by atoms with Crippen LogP contribution in [0.5, 0.6) is 11.5 Å². The van der Waals surface area contributed by atoms with Gasteiger partial charge in [0.25, 0.3) is 5.91 Å². The Hall–Kier alpha value is -2.00. The fourth-order valence-corrected chi connectivity index (χ4v) is 4.69. The molecule has 0 bridgehead atoms. The van der Waals surface area contributed by atoms with Crippen molar-refractivity contribution in [3.05, 3.63) is 45.9 Å². The molecule has 0 saturated carbocycles. The van der Waals surface area contributed by atoms with Gasteiger partial charge < -0.3 is 15.2 Å². The minimum absolute atomic E-state index is 0.0462. The summed E-state index contributed by atoms with van der Waals surface area (Å²) in [5.41, 5.74) is 0.0634. The minimum atomic E-state index is -3.75. The molecule has 0 aliphatic carbocycles. The molecule has 0 saturated heterocycles. The topological polar surface area (TPSA) is 95.9 Å². The van der Waals surface area contributed by atoms with Gasteiger partial charge in [-0.2, -0.15) is 4.31 Å². The Bertz CT molecular complexity index is 968. The summed E-state index contributed by atoms with van der Waals surface area (Å²) in [4.78, 5) is 12.5. The molecule has 0 atom stereocenters. The maximum Gasteiger partial charge on any atom is 0.255 e. The SMILES string of the molecule is CCN(CC)S(=O)(=O)c1ccc(O)c(NC(=O)c2cc(Cl)c(OC)c(Cl)c2)c1. The quantitative estimate of drug-likeness (QED) is 0.626. The maximum absolute atomic E-state index is 12.7. The predicted molar refractivity (Wildman–Crippen MR) is 109 cm³/mol. The van der Waals surface area contributed by atoms with E-state index in [2.05, 4.69) is 5.32 Å². The van der Waals surface area contributed by atoms with Crippen LogP contribution in [0.15, 0.2) is 35.2 Å². The number of sulfonamides is 1. The van der Waals surface area contributed by atoms with Crippen molar-refractivity contribution in [2.45, 2.75) is 18.7 Å². The lowest BCUT2D eigenvalue weighted by Gasteiger charge is -2.19. The third kappa shape index (κ3) is 4.52. The molecule has 0 aliphatic rings. The van der Waals surface area contributed by atoms with Crippen molar-refractivity contribution in [1.29, 1.82) is 0 Å². The van der Waals surface area contributed by atoms with Crippen LogP contribution < -0.4 is 10.1 Å². The van der Waals surface area contributed by atoms with Gasteiger partial charge in [0.1, 0.15) is 5.75 Å². The summed E-state index contributed by atoms with van der Waals surface area (Å²) in [7, 11) is -2.36. The zero-order chi connectivity index (χ0) is 21.1. The molecule has 2 aromatic carbocycles. The van der Waals surface area contributed by atoms with E-state index in [0.29, 0.717) is 13.1 Å². The van der Waals surface area contributed by atoms with E-state index in [0.717, 1.165) is 0 Å². The van der Waals surface area contributed by atoms with E-state index in [1.807, 2.05) is 0 Å². The van der Waals surface area contributed by atoms with E-state index >= 15 is 0 Å². The van der Waals surface area contributed by atoms with Crippen molar-refractivity contribution in [3.8, 4) is 11.5 Å². The largest absolute Gasteiger partial charge is 0.506 e. The zero-order valence-corrected chi connectivity index (χ0v) is 17.8. The first-order valence-electron chi connectivity index (χ1n) is 8.33. The minimum Gasteiger partial charge on any atom is -0.506 e. The average molecular weight is 447 g/mol.